The van der Waals surface area contributed by atoms with Gasteiger partial charge in [-0.2, -0.15) is 0 Å². The van der Waals surface area contributed by atoms with Crippen LogP contribution in [-0.4, -0.2) is 44.1 Å². The molecule has 0 spiro atoms. The van der Waals surface area contributed by atoms with E-state index in [-0.39, 0.29) is 11.5 Å². The SMILES string of the molecule is CCCCCCCCCCCCN1C(=O)/C(=C\c2c(N3CCCCC3)nc3c(C)cccn3c2=O)SC1=S. The molecule has 38 heavy (non-hydrogen) atoms. The molecule has 206 valence electrons. The first kappa shape index (κ1) is 28.8. The van der Waals surface area contributed by atoms with Gasteiger partial charge in [-0.1, -0.05) is 94.8 Å². The zero-order valence-electron chi connectivity index (χ0n) is 23.0. The molecular weight excluding hydrogens is 512 g/mol. The predicted molar refractivity (Wildman–Crippen MR) is 164 cm³/mol. The van der Waals surface area contributed by atoms with Crippen LogP contribution in [0.2, 0.25) is 0 Å². The number of anilines is 1. The van der Waals surface area contributed by atoms with Gasteiger partial charge in [0.05, 0.1) is 10.5 Å². The average Bonchev–Trinajstić information content (AvgIpc) is 3.19. The monoisotopic (exact) mass is 554 g/mol. The predicted octanol–water partition coefficient (Wildman–Crippen LogP) is 7.12. The summed E-state index contributed by atoms with van der Waals surface area (Å²) in [5.41, 5.74) is 1.97. The van der Waals surface area contributed by atoms with Crippen LogP contribution in [-0.2, 0) is 4.79 Å². The lowest BCUT2D eigenvalue weighted by Gasteiger charge is -2.29. The van der Waals surface area contributed by atoms with Crippen LogP contribution >= 0.6 is 24.0 Å². The van der Waals surface area contributed by atoms with Gasteiger partial charge in [0.1, 0.15) is 15.8 Å². The third-order valence-corrected chi connectivity index (χ3v) is 8.98. The number of amides is 1. The zero-order valence-corrected chi connectivity index (χ0v) is 24.7. The van der Waals surface area contributed by atoms with Gasteiger partial charge in [0.15, 0.2) is 0 Å². The summed E-state index contributed by atoms with van der Waals surface area (Å²) in [5, 5.41) is 0. The molecule has 2 saturated heterocycles. The van der Waals surface area contributed by atoms with E-state index in [4.69, 9.17) is 17.2 Å². The number of aryl methyl sites for hydroxylation is 1. The van der Waals surface area contributed by atoms with Gasteiger partial charge in [0.2, 0.25) is 0 Å². The molecule has 2 aromatic heterocycles. The van der Waals surface area contributed by atoms with Crippen LogP contribution in [0, 0.1) is 6.92 Å². The van der Waals surface area contributed by atoms with Crippen molar-refractivity contribution < 1.29 is 4.79 Å². The summed E-state index contributed by atoms with van der Waals surface area (Å²) in [7, 11) is 0. The lowest BCUT2D eigenvalue weighted by molar-refractivity contribution is -0.122. The normalized spacial score (nSPS) is 17.4. The van der Waals surface area contributed by atoms with Gasteiger partial charge in [-0.25, -0.2) is 4.98 Å². The van der Waals surface area contributed by atoms with E-state index in [0.717, 1.165) is 44.3 Å². The van der Waals surface area contributed by atoms with E-state index in [0.29, 0.717) is 32.8 Å². The van der Waals surface area contributed by atoms with Crippen LogP contribution in [0.4, 0.5) is 5.82 Å². The van der Waals surface area contributed by atoms with Crippen molar-refractivity contribution in [3.8, 4) is 0 Å². The number of piperidine rings is 1. The second-order valence-electron chi connectivity index (χ2n) is 10.6. The Bertz CT molecular complexity index is 1220. The van der Waals surface area contributed by atoms with Crippen molar-refractivity contribution in [1.82, 2.24) is 14.3 Å². The molecule has 4 rings (SSSR count). The Kier molecular flexibility index (Phi) is 10.8. The summed E-state index contributed by atoms with van der Waals surface area (Å²) in [6, 6.07) is 3.84. The molecule has 2 fully saturated rings. The third-order valence-electron chi connectivity index (χ3n) is 7.60. The van der Waals surface area contributed by atoms with Gasteiger partial charge in [0, 0.05) is 25.8 Å². The summed E-state index contributed by atoms with van der Waals surface area (Å²) >= 11 is 6.89. The van der Waals surface area contributed by atoms with E-state index in [1.165, 1.54) is 69.5 Å². The minimum absolute atomic E-state index is 0.0887. The molecule has 2 aliphatic heterocycles. The number of hydrogen-bond acceptors (Lipinski definition) is 6. The Morgan fingerprint density at radius 3 is 2.32 bits per heavy atom. The smallest absolute Gasteiger partial charge is 0.267 e. The fourth-order valence-corrected chi connectivity index (χ4v) is 6.65. The number of carbonyl (C=O) groups is 1. The van der Waals surface area contributed by atoms with E-state index in [1.54, 1.807) is 21.6 Å². The van der Waals surface area contributed by atoms with Crippen LogP contribution in [0.15, 0.2) is 28.0 Å². The molecule has 2 aromatic rings. The number of pyridine rings is 1. The molecule has 0 atom stereocenters. The second-order valence-corrected chi connectivity index (χ2v) is 12.3. The number of hydrogen-bond donors (Lipinski definition) is 0. The molecule has 0 unspecified atom stereocenters. The quantitative estimate of drug-likeness (QED) is 0.149. The Balaban J connectivity index is 1.43. The van der Waals surface area contributed by atoms with Crippen LogP contribution < -0.4 is 10.5 Å². The third kappa shape index (κ3) is 7.06. The number of unbranched alkanes of at least 4 members (excludes halogenated alkanes) is 9. The minimum atomic E-state index is -0.140. The zero-order chi connectivity index (χ0) is 26.9. The van der Waals surface area contributed by atoms with Crippen LogP contribution in [0.5, 0.6) is 0 Å². The largest absolute Gasteiger partial charge is 0.356 e. The molecule has 4 heterocycles. The lowest BCUT2D eigenvalue weighted by Crippen LogP contribution is -2.34. The number of rotatable bonds is 13. The molecule has 0 aliphatic carbocycles. The minimum Gasteiger partial charge on any atom is -0.356 e. The molecule has 0 saturated carbocycles. The topological polar surface area (TPSA) is 57.9 Å². The molecule has 6 nitrogen and oxygen atoms in total. The first-order chi connectivity index (χ1) is 18.5. The van der Waals surface area contributed by atoms with E-state index in [9.17, 15) is 9.59 Å². The Morgan fingerprint density at radius 1 is 0.974 bits per heavy atom. The van der Waals surface area contributed by atoms with Gasteiger partial charge < -0.3 is 4.90 Å². The molecule has 8 heteroatoms. The van der Waals surface area contributed by atoms with Crippen molar-refractivity contribution in [2.24, 2.45) is 0 Å². The number of aromatic nitrogens is 2. The number of thiocarbonyl (C=S) groups is 1. The summed E-state index contributed by atoms with van der Waals surface area (Å²) in [5.74, 6) is 0.596. The van der Waals surface area contributed by atoms with Crippen LogP contribution in [0.1, 0.15) is 102 Å². The van der Waals surface area contributed by atoms with E-state index < -0.39 is 0 Å². The van der Waals surface area contributed by atoms with E-state index in [2.05, 4.69) is 11.8 Å². The van der Waals surface area contributed by atoms with Crippen molar-refractivity contribution >= 4 is 51.7 Å². The molecule has 1 amide bonds. The number of fused-ring (bicyclic) bond motifs is 1. The van der Waals surface area contributed by atoms with Gasteiger partial charge in [0.25, 0.3) is 11.5 Å². The van der Waals surface area contributed by atoms with Crippen molar-refractivity contribution in [3.05, 3.63) is 44.7 Å². The van der Waals surface area contributed by atoms with Gasteiger partial charge in [-0.3, -0.25) is 18.9 Å². The van der Waals surface area contributed by atoms with Gasteiger partial charge in [-0.05, 0) is 50.3 Å². The lowest BCUT2D eigenvalue weighted by atomic mass is 10.1. The maximum absolute atomic E-state index is 13.7. The first-order valence-corrected chi connectivity index (χ1v) is 15.8. The van der Waals surface area contributed by atoms with Crippen molar-refractivity contribution in [2.45, 2.75) is 97.3 Å². The maximum atomic E-state index is 13.7. The summed E-state index contributed by atoms with van der Waals surface area (Å²) in [6.45, 7) is 6.61. The Labute approximate surface area is 236 Å². The van der Waals surface area contributed by atoms with E-state index >= 15 is 0 Å². The van der Waals surface area contributed by atoms with E-state index in [1.807, 2.05) is 19.1 Å². The highest BCUT2D eigenvalue weighted by molar-refractivity contribution is 8.26. The Hall–Kier alpha value is -2.19. The fraction of sp³-hybridized carbons (Fsp3) is 0.600. The maximum Gasteiger partial charge on any atom is 0.267 e. The highest BCUT2D eigenvalue weighted by Crippen LogP contribution is 2.34. The van der Waals surface area contributed by atoms with Crippen molar-refractivity contribution in [2.75, 3.05) is 24.5 Å². The molecule has 0 bridgehead atoms. The number of thioether (sulfide) groups is 1. The fourth-order valence-electron chi connectivity index (χ4n) is 5.35. The van der Waals surface area contributed by atoms with Crippen LogP contribution in [0.25, 0.3) is 11.7 Å². The van der Waals surface area contributed by atoms with Gasteiger partial charge >= 0.3 is 0 Å². The van der Waals surface area contributed by atoms with Gasteiger partial charge in [-0.15, -0.1) is 0 Å². The second kappa shape index (κ2) is 14.3. The molecule has 2 aliphatic rings. The molecule has 0 radical (unpaired) electrons. The molecular formula is C30H42N4O2S2. The average molecular weight is 555 g/mol. The Morgan fingerprint density at radius 2 is 1.63 bits per heavy atom. The summed E-state index contributed by atoms with van der Waals surface area (Å²) < 4.78 is 2.18. The number of carbonyl (C=O) groups excluding carboxylic acids is 1. The summed E-state index contributed by atoms with van der Waals surface area (Å²) in [4.78, 5) is 36.4. The molecule has 0 aromatic carbocycles. The van der Waals surface area contributed by atoms with Crippen molar-refractivity contribution in [1.29, 1.82) is 0 Å². The van der Waals surface area contributed by atoms with Crippen molar-refractivity contribution in [3.63, 3.8) is 0 Å². The van der Waals surface area contributed by atoms with Crippen LogP contribution in [0.3, 0.4) is 0 Å². The summed E-state index contributed by atoms with van der Waals surface area (Å²) in [6.07, 6.45) is 19.4. The number of nitrogens with zero attached hydrogens (tertiary/aromatic N) is 4. The standard InChI is InChI=1S/C30H42N4O2S2/c1-3-4-5-6-7-8-9-10-11-15-20-34-29(36)25(38-30(34)37)22-24-27(32-18-13-12-14-19-32)31-26-23(2)17-16-21-33(26)28(24)35/h16-17,21-22H,3-15,18-20H2,1-2H3/b25-22+. The first-order valence-electron chi connectivity index (χ1n) is 14.5. The molecule has 0 N–H and O–H groups in total. The highest BCUT2D eigenvalue weighted by Gasteiger charge is 2.32. The highest BCUT2D eigenvalue weighted by atomic mass is 32.2.